The Balaban J connectivity index is 2.22. The van der Waals surface area contributed by atoms with E-state index in [1.807, 2.05) is 0 Å². The third-order valence-corrected chi connectivity index (χ3v) is 2.91. The molecule has 0 aliphatic carbocycles. The highest BCUT2D eigenvalue weighted by Gasteiger charge is 2.29. The molecule has 94 valence electrons. The first-order valence-electron chi connectivity index (χ1n) is 5.50. The fraction of sp³-hybridized carbons (Fsp3) is 0.250. The molecule has 6 nitrogen and oxygen atoms in total. The zero-order chi connectivity index (χ0) is 13.3. The molecule has 2 rings (SSSR count). The zero-order valence-corrected chi connectivity index (χ0v) is 9.68. The smallest absolute Gasteiger partial charge is 0.248 e. The number of carbonyl (C=O) groups is 3. The first kappa shape index (κ1) is 12.1. The summed E-state index contributed by atoms with van der Waals surface area (Å²) in [6.45, 7) is 0.141. The van der Waals surface area contributed by atoms with E-state index in [4.69, 9.17) is 11.5 Å². The Labute approximate surface area is 104 Å². The molecule has 0 radical (unpaired) electrons. The molecule has 0 atom stereocenters. The van der Waals surface area contributed by atoms with E-state index in [-0.39, 0.29) is 31.2 Å². The van der Waals surface area contributed by atoms with E-state index in [2.05, 4.69) is 0 Å². The molecule has 0 spiro atoms. The molecule has 1 fully saturated rings. The van der Waals surface area contributed by atoms with Crippen LogP contribution in [0.15, 0.2) is 18.2 Å². The van der Waals surface area contributed by atoms with Gasteiger partial charge in [-0.1, -0.05) is 6.07 Å². The van der Waals surface area contributed by atoms with Crippen LogP contribution in [0.3, 0.4) is 0 Å². The molecule has 0 aromatic heterocycles. The fourth-order valence-corrected chi connectivity index (χ4v) is 1.86. The lowest BCUT2D eigenvalue weighted by Gasteiger charge is -2.15. The number of benzene rings is 1. The second kappa shape index (κ2) is 4.48. The van der Waals surface area contributed by atoms with Crippen LogP contribution in [0.5, 0.6) is 0 Å². The van der Waals surface area contributed by atoms with Crippen LogP contribution < -0.4 is 11.5 Å². The molecule has 1 aromatic rings. The first-order chi connectivity index (χ1) is 8.49. The predicted octanol–water partition coefficient (Wildman–Crippen LogP) is 0.0167. The molecule has 0 saturated carbocycles. The highest BCUT2D eigenvalue weighted by atomic mass is 16.2. The summed E-state index contributed by atoms with van der Waals surface area (Å²) in [4.78, 5) is 35.1. The van der Waals surface area contributed by atoms with E-state index in [1.165, 1.54) is 17.0 Å². The average Bonchev–Trinajstić information content (AvgIpc) is 2.63. The molecule has 0 bridgehead atoms. The summed E-state index contributed by atoms with van der Waals surface area (Å²) in [5, 5.41) is 0. The van der Waals surface area contributed by atoms with Crippen LogP contribution in [0.25, 0.3) is 0 Å². The molecule has 18 heavy (non-hydrogen) atoms. The number of rotatable bonds is 3. The fourth-order valence-electron chi connectivity index (χ4n) is 1.86. The molecule has 0 unspecified atom stereocenters. The number of carbonyl (C=O) groups excluding carboxylic acids is 3. The van der Waals surface area contributed by atoms with Gasteiger partial charge in [0.25, 0.3) is 0 Å². The summed E-state index contributed by atoms with van der Waals surface area (Å²) in [5.74, 6) is -0.960. The summed E-state index contributed by atoms with van der Waals surface area (Å²) in [7, 11) is 0. The Bertz CT molecular complexity index is 523. The number of hydrogen-bond acceptors (Lipinski definition) is 4. The van der Waals surface area contributed by atoms with E-state index in [9.17, 15) is 14.4 Å². The Hall–Kier alpha value is -2.37. The molecule has 1 aliphatic heterocycles. The van der Waals surface area contributed by atoms with Gasteiger partial charge in [0, 0.05) is 24.1 Å². The number of likely N-dealkylation sites (tertiary alicyclic amines) is 1. The second-order valence-corrected chi connectivity index (χ2v) is 4.15. The van der Waals surface area contributed by atoms with Crippen molar-refractivity contribution in [3.8, 4) is 0 Å². The number of primary amides is 1. The van der Waals surface area contributed by atoms with Crippen molar-refractivity contribution in [1.29, 1.82) is 0 Å². The number of amides is 3. The van der Waals surface area contributed by atoms with Crippen molar-refractivity contribution in [2.45, 2.75) is 19.4 Å². The lowest BCUT2D eigenvalue weighted by atomic mass is 10.1. The quantitative estimate of drug-likeness (QED) is 0.579. The predicted molar refractivity (Wildman–Crippen MR) is 64.2 cm³/mol. The third-order valence-electron chi connectivity index (χ3n) is 2.91. The van der Waals surface area contributed by atoms with Gasteiger partial charge < -0.3 is 11.5 Å². The van der Waals surface area contributed by atoms with Gasteiger partial charge in [-0.15, -0.1) is 0 Å². The Morgan fingerprint density at radius 2 is 1.83 bits per heavy atom. The number of hydrogen-bond donors (Lipinski definition) is 2. The van der Waals surface area contributed by atoms with Gasteiger partial charge in [0.2, 0.25) is 17.7 Å². The molecule has 6 heteroatoms. The van der Waals surface area contributed by atoms with Gasteiger partial charge >= 0.3 is 0 Å². The number of imide groups is 1. The molecule has 3 amide bonds. The van der Waals surface area contributed by atoms with Gasteiger partial charge in [-0.25, -0.2) is 0 Å². The lowest BCUT2D eigenvalue weighted by Crippen LogP contribution is -2.28. The molecule has 1 aromatic carbocycles. The normalized spacial score (nSPS) is 15.2. The first-order valence-corrected chi connectivity index (χ1v) is 5.50. The van der Waals surface area contributed by atoms with Crippen molar-refractivity contribution >= 4 is 23.4 Å². The van der Waals surface area contributed by atoms with Crippen LogP contribution in [0.2, 0.25) is 0 Å². The summed E-state index contributed by atoms with van der Waals surface area (Å²) in [6.07, 6.45) is 0.496. The van der Waals surface area contributed by atoms with Crippen LogP contribution in [0, 0.1) is 0 Å². The van der Waals surface area contributed by atoms with Crippen LogP contribution in [-0.4, -0.2) is 22.6 Å². The SMILES string of the molecule is NC(=O)c1ccc(CN2C(=O)CCC2=O)c(N)c1. The monoisotopic (exact) mass is 247 g/mol. The van der Waals surface area contributed by atoms with Crippen LogP contribution in [-0.2, 0) is 16.1 Å². The number of nitrogen functional groups attached to an aromatic ring is 1. The summed E-state index contributed by atoms with van der Waals surface area (Å²) in [6, 6.07) is 4.58. The molecule has 1 saturated heterocycles. The van der Waals surface area contributed by atoms with Crippen molar-refractivity contribution in [2.75, 3.05) is 5.73 Å². The molecule has 1 heterocycles. The molecular formula is C12H13N3O3. The molecule has 1 aliphatic rings. The summed E-state index contributed by atoms with van der Waals surface area (Å²) in [5.41, 5.74) is 12.2. The van der Waals surface area contributed by atoms with E-state index in [1.54, 1.807) is 6.07 Å². The second-order valence-electron chi connectivity index (χ2n) is 4.15. The van der Waals surface area contributed by atoms with Gasteiger partial charge in [-0.05, 0) is 17.7 Å². The van der Waals surface area contributed by atoms with Crippen LogP contribution in [0.1, 0.15) is 28.8 Å². The van der Waals surface area contributed by atoms with Gasteiger partial charge in [-0.3, -0.25) is 19.3 Å². The number of nitrogens with zero attached hydrogens (tertiary/aromatic N) is 1. The van der Waals surface area contributed by atoms with Crippen molar-refractivity contribution in [1.82, 2.24) is 4.90 Å². The summed E-state index contributed by atoms with van der Waals surface area (Å²) < 4.78 is 0. The minimum absolute atomic E-state index is 0.141. The maximum atomic E-state index is 11.5. The zero-order valence-electron chi connectivity index (χ0n) is 9.68. The van der Waals surface area contributed by atoms with Crippen molar-refractivity contribution < 1.29 is 14.4 Å². The minimum atomic E-state index is -0.568. The van der Waals surface area contributed by atoms with E-state index < -0.39 is 5.91 Å². The lowest BCUT2D eigenvalue weighted by molar-refractivity contribution is -0.139. The maximum Gasteiger partial charge on any atom is 0.248 e. The van der Waals surface area contributed by atoms with E-state index in [0.29, 0.717) is 16.8 Å². The highest BCUT2D eigenvalue weighted by Crippen LogP contribution is 2.20. The number of anilines is 1. The summed E-state index contributed by atoms with van der Waals surface area (Å²) >= 11 is 0. The third kappa shape index (κ3) is 2.17. The van der Waals surface area contributed by atoms with Gasteiger partial charge in [0.05, 0.1) is 6.54 Å². The van der Waals surface area contributed by atoms with Crippen molar-refractivity contribution in [3.05, 3.63) is 29.3 Å². The Morgan fingerprint density at radius 1 is 1.22 bits per heavy atom. The number of nitrogens with two attached hydrogens (primary N) is 2. The highest BCUT2D eigenvalue weighted by molar-refractivity contribution is 6.02. The van der Waals surface area contributed by atoms with Crippen molar-refractivity contribution in [2.24, 2.45) is 5.73 Å². The van der Waals surface area contributed by atoms with Gasteiger partial charge in [0.15, 0.2) is 0 Å². The molecule has 4 N–H and O–H groups in total. The standard InChI is InChI=1S/C12H13N3O3/c13-9-5-7(12(14)18)1-2-8(9)6-15-10(16)3-4-11(15)17/h1-2,5H,3-4,6,13H2,(H2,14,18). The van der Waals surface area contributed by atoms with E-state index >= 15 is 0 Å². The average molecular weight is 247 g/mol. The largest absolute Gasteiger partial charge is 0.398 e. The van der Waals surface area contributed by atoms with Crippen LogP contribution >= 0.6 is 0 Å². The minimum Gasteiger partial charge on any atom is -0.398 e. The van der Waals surface area contributed by atoms with Crippen LogP contribution in [0.4, 0.5) is 5.69 Å². The van der Waals surface area contributed by atoms with Gasteiger partial charge in [0.1, 0.15) is 0 Å². The Kier molecular flexibility index (Phi) is 3.01. The molecular weight excluding hydrogens is 234 g/mol. The maximum absolute atomic E-state index is 11.5. The topological polar surface area (TPSA) is 106 Å². The van der Waals surface area contributed by atoms with E-state index in [0.717, 1.165) is 0 Å². The van der Waals surface area contributed by atoms with Gasteiger partial charge in [-0.2, -0.15) is 0 Å². The van der Waals surface area contributed by atoms with Crippen molar-refractivity contribution in [3.63, 3.8) is 0 Å². The Morgan fingerprint density at radius 3 is 2.33 bits per heavy atom.